The normalized spacial score (nSPS) is 26.5. The van der Waals surface area contributed by atoms with Crippen molar-refractivity contribution in [3.8, 4) is 0 Å². The minimum Gasteiger partial charge on any atom is -0.301 e. The van der Waals surface area contributed by atoms with Gasteiger partial charge < -0.3 is 4.90 Å². The van der Waals surface area contributed by atoms with Crippen LogP contribution in [0.2, 0.25) is 0 Å². The van der Waals surface area contributed by atoms with Crippen LogP contribution in [0.1, 0.15) is 87.5 Å². The molecule has 2 rings (SSSR count). The molecule has 144 valence electrons. The van der Waals surface area contributed by atoms with Crippen molar-refractivity contribution in [2.45, 2.75) is 106 Å². The van der Waals surface area contributed by atoms with Gasteiger partial charge in [-0.2, -0.15) is 0 Å². The molecule has 0 N–H and O–H groups in total. The third-order valence-corrected chi connectivity index (χ3v) is 5.99. The Bertz CT molecular complexity index is 308. The smallest absolute Gasteiger partial charge is 0.0101 e. The second-order valence-electron chi connectivity index (χ2n) is 9.49. The molecule has 0 aliphatic carbocycles. The van der Waals surface area contributed by atoms with Crippen molar-refractivity contribution >= 4 is 0 Å². The van der Waals surface area contributed by atoms with Crippen LogP contribution in [0.5, 0.6) is 0 Å². The molecule has 2 unspecified atom stereocenters. The zero-order chi connectivity index (χ0) is 18.3. The van der Waals surface area contributed by atoms with Crippen molar-refractivity contribution in [1.29, 1.82) is 0 Å². The summed E-state index contributed by atoms with van der Waals surface area (Å²) >= 11 is 0. The molecule has 2 heterocycles. The van der Waals surface area contributed by atoms with Crippen LogP contribution in [-0.2, 0) is 0 Å². The molecule has 0 spiro atoms. The fourth-order valence-electron chi connectivity index (χ4n) is 4.39. The quantitative estimate of drug-likeness (QED) is 0.637. The molecule has 2 nitrogen and oxygen atoms in total. The first-order chi connectivity index (χ1) is 11.2. The van der Waals surface area contributed by atoms with Crippen LogP contribution in [0.15, 0.2) is 0 Å². The highest BCUT2D eigenvalue weighted by Crippen LogP contribution is 2.25. The van der Waals surface area contributed by atoms with Crippen molar-refractivity contribution in [2.75, 3.05) is 19.6 Å². The minimum atomic E-state index is 0.742. The monoisotopic (exact) mass is 338 g/mol. The number of nitrogens with zero attached hydrogens (tertiary/aromatic N) is 2. The fraction of sp³-hybridized carbons (Fsp3) is 1.00. The van der Waals surface area contributed by atoms with E-state index in [1.807, 2.05) is 0 Å². The van der Waals surface area contributed by atoms with E-state index in [0.717, 1.165) is 35.9 Å². The molecule has 0 bridgehead atoms. The van der Waals surface area contributed by atoms with Crippen molar-refractivity contribution in [1.82, 2.24) is 9.80 Å². The van der Waals surface area contributed by atoms with Gasteiger partial charge in [-0.15, -0.1) is 0 Å². The Balaban J connectivity index is 0.000000240. The highest BCUT2D eigenvalue weighted by Gasteiger charge is 2.26. The average molecular weight is 339 g/mol. The predicted octanol–water partition coefficient (Wildman–Crippen LogP) is 5.67. The van der Waals surface area contributed by atoms with E-state index in [9.17, 15) is 0 Å². The van der Waals surface area contributed by atoms with Gasteiger partial charge in [-0.25, -0.2) is 0 Å². The van der Waals surface area contributed by atoms with Crippen LogP contribution in [0.3, 0.4) is 0 Å². The largest absolute Gasteiger partial charge is 0.301 e. The van der Waals surface area contributed by atoms with Crippen LogP contribution < -0.4 is 0 Å². The maximum atomic E-state index is 2.67. The number of likely N-dealkylation sites (tertiary alicyclic amines) is 2. The van der Waals surface area contributed by atoms with Crippen molar-refractivity contribution in [3.05, 3.63) is 0 Å². The summed E-state index contributed by atoms with van der Waals surface area (Å²) in [7, 11) is 0. The third kappa shape index (κ3) is 7.44. The molecule has 0 aromatic rings. The maximum Gasteiger partial charge on any atom is 0.0101 e. The fourth-order valence-corrected chi connectivity index (χ4v) is 4.39. The number of hydrogen-bond donors (Lipinski definition) is 0. The molecule has 0 radical (unpaired) electrons. The Morgan fingerprint density at radius 3 is 1.92 bits per heavy atom. The molecule has 2 saturated heterocycles. The first-order valence-electron chi connectivity index (χ1n) is 10.7. The van der Waals surface area contributed by atoms with E-state index >= 15 is 0 Å². The van der Waals surface area contributed by atoms with E-state index in [1.54, 1.807) is 0 Å². The summed E-state index contributed by atoms with van der Waals surface area (Å²) in [6.45, 7) is 22.6. The van der Waals surface area contributed by atoms with E-state index in [4.69, 9.17) is 0 Å². The second kappa shape index (κ2) is 10.8. The average Bonchev–Trinajstić information content (AvgIpc) is 2.95. The lowest BCUT2D eigenvalue weighted by Crippen LogP contribution is -2.41. The molecule has 24 heavy (non-hydrogen) atoms. The summed E-state index contributed by atoms with van der Waals surface area (Å²) in [6, 6.07) is 2.37. The Kier molecular flexibility index (Phi) is 9.89. The summed E-state index contributed by atoms with van der Waals surface area (Å²) in [5, 5.41) is 0. The van der Waals surface area contributed by atoms with Gasteiger partial charge in [-0.05, 0) is 90.6 Å². The molecule has 2 atom stereocenters. The van der Waals surface area contributed by atoms with Gasteiger partial charge in [0.25, 0.3) is 0 Å². The highest BCUT2D eigenvalue weighted by atomic mass is 15.2. The number of piperidine rings is 1. The SMILES string of the molecule is CC(C)C1CCCN(C(C)C)C1.CC(C)CC1CCCN1C(C)C. The summed E-state index contributed by atoms with van der Waals surface area (Å²) < 4.78 is 0. The first kappa shape index (κ1) is 22.0. The Morgan fingerprint density at radius 2 is 1.42 bits per heavy atom. The second-order valence-corrected chi connectivity index (χ2v) is 9.49. The van der Waals surface area contributed by atoms with Gasteiger partial charge in [0, 0.05) is 24.7 Å². The lowest BCUT2D eigenvalue weighted by molar-refractivity contribution is 0.117. The Labute approximate surface area is 153 Å². The van der Waals surface area contributed by atoms with E-state index in [-0.39, 0.29) is 0 Å². The van der Waals surface area contributed by atoms with Crippen LogP contribution in [0.4, 0.5) is 0 Å². The standard InChI is InChI=1S/2C11H23N/c1-9(2)11-6-5-7-12(8-11)10(3)4;1-9(2)8-11-6-5-7-12(11)10(3)4/h2*9-11H,5-8H2,1-4H3. The molecule has 0 amide bonds. The zero-order valence-corrected chi connectivity index (χ0v) is 18.0. The predicted molar refractivity (Wildman–Crippen MR) is 109 cm³/mol. The first-order valence-corrected chi connectivity index (χ1v) is 10.7. The maximum absolute atomic E-state index is 2.67. The van der Waals surface area contributed by atoms with Crippen molar-refractivity contribution in [2.24, 2.45) is 17.8 Å². The van der Waals surface area contributed by atoms with Crippen LogP contribution >= 0.6 is 0 Å². The topological polar surface area (TPSA) is 6.48 Å². The van der Waals surface area contributed by atoms with Crippen LogP contribution in [0, 0.1) is 17.8 Å². The Morgan fingerprint density at radius 1 is 0.792 bits per heavy atom. The Hall–Kier alpha value is -0.0800. The lowest BCUT2D eigenvalue weighted by atomic mass is 9.87. The summed E-state index contributed by atoms with van der Waals surface area (Å²) in [6.07, 6.45) is 7.08. The van der Waals surface area contributed by atoms with Gasteiger partial charge in [-0.1, -0.05) is 27.7 Å². The van der Waals surface area contributed by atoms with E-state index in [2.05, 4.69) is 65.2 Å². The van der Waals surface area contributed by atoms with Crippen molar-refractivity contribution in [3.63, 3.8) is 0 Å². The highest BCUT2D eigenvalue weighted by molar-refractivity contribution is 4.82. The minimum absolute atomic E-state index is 0.742. The molecule has 0 aromatic heterocycles. The third-order valence-electron chi connectivity index (χ3n) is 5.99. The van der Waals surface area contributed by atoms with E-state index < -0.39 is 0 Å². The van der Waals surface area contributed by atoms with E-state index in [1.165, 1.54) is 51.7 Å². The summed E-state index contributed by atoms with van der Waals surface area (Å²) in [4.78, 5) is 5.29. The molecule has 2 fully saturated rings. The molecular formula is C22H46N2. The molecular weight excluding hydrogens is 292 g/mol. The molecule has 2 aliphatic heterocycles. The van der Waals surface area contributed by atoms with Gasteiger partial charge in [0.15, 0.2) is 0 Å². The number of hydrogen-bond acceptors (Lipinski definition) is 2. The zero-order valence-electron chi connectivity index (χ0n) is 18.0. The molecule has 0 saturated carbocycles. The van der Waals surface area contributed by atoms with Crippen molar-refractivity contribution < 1.29 is 0 Å². The lowest BCUT2D eigenvalue weighted by Gasteiger charge is -2.37. The number of rotatable bonds is 5. The van der Waals surface area contributed by atoms with Gasteiger partial charge in [0.2, 0.25) is 0 Å². The van der Waals surface area contributed by atoms with Gasteiger partial charge in [0.05, 0.1) is 0 Å². The summed E-state index contributed by atoms with van der Waals surface area (Å²) in [5.74, 6) is 2.67. The van der Waals surface area contributed by atoms with Gasteiger partial charge in [0.1, 0.15) is 0 Å². The molecule has 0 aromatic carbocycles. The molecule has 2 aliphatic rings. The van der Waals surface area contributed by atoms with E-state index in [0.29, 0.717) is 0 Å². The van der Waals surface area contributed by atoms with Crippen LogP contribution in [0.25, 0.3) is 0 Å². The molecule has 2 heteroatoms. The van der Waals surface area contributed by atoms with Gasteiger partial charge >= 0.3 is 0 Å². The summed E-state index contributed by atoms with van der Waals surface area (Å²) in [5.41, 5.74) is 0. The van der Waals surface area contributed by atoms with Crippen LogP contribution in [-0.4, -0.2) is 47.6 Å². The van der Waals surface area contributed by atoms with Gasteiger partial charge in [-0.3, -0.25) is 4.90 Å².